The van der Waals surface area contributed by atoms with Gasteiger partial charge in [-0.3, -0.25) is 9.78 Å². The summed E-state index contributed by atoms with van der Waals surface area (Å²) in [5, 5.41) is 9.07. The molecule has 1 aromatic heterocycles. The van der Waals surface area contributed by atoms with E-state index in [1.165, 1.54) is 6.07 Å². The van der Waals surface area contributed by atoms with Gasteiger partial charge in [0, 0.05) is 18.1 Å². The van der Waals surface area contributed by atoms with Crippen molar-refractivity contribution in [3.8, 4) is 0 Å². The highest BCUT2D eigenvalue weighted by atomic mass is 32.2. The van der Waals surface area contributed by atoms with E-state index in [0.717, 1.165) is 5.56 Å². The highest BCUT2D eigenvalue weighted by molar-refractivity contribution is 7.89. The molecule has 0 bridgehead atoms. The molecule has 0 unspecified atom stereocenters. The summed E-state index contributed by atoms with van der Waals surface area (Å²) in [4.78, 5) is 14.7. The van der Waals surface area contributed by atoms with E-state index in [1.807, 2.05) is 6.92 Å². The summed E-state index contributed by atoms with van der Waals surface area (Å²) in [7, 11) is -3.75. The molecule has 0 fully saturated rings. The zero-order valence-electron chi connectivity index (χ0n) is 10.8. The van der Waals surface area contributed by atoms with Crippen LogP contribution in [-0.4, -0.2) is 31.0 Å². The molecule has 20 heavy (non-hydrogen) atoms. The van der Waals surface area contributed by atoms with Crippen molar-refractivity contribution in [1.82, 2.24) is 9.71 Å². The van der Waals surface area contributed by atoms with Crippen molar-refractivity contribution in [1.29, 1.82) is 0 Å². The molecule has 0 spiro atoms. The van der Waals surface area contributed by atoms with Crippen LogP contribution in [0.2, 0.25) is 0 Å². The van der Waals surface area contributed by atoms with Gasteiger partial charge in [-0.25, -0.2) is 13.1 Å². The molecule has 0 saturated carbocycles. The molecule has 2 N–H and O–H groups in total. The minimum Gasteiger partial charge on any atom is -0.481 e. The Hall–Kier alpha value is -1.99. The Morgan fingerprint density at radius 1 is 1.35 bits per heavy atom. The Morgan fingerprint density at radius 3 is 2.80 bits per heavy atom. The fraction of sp³-hybridized carbons (Fsp3) is 0.231. The first-order chi connectivity index (χ1) is 9.42. The predicted molar refractivity (Wildman–Crippen MR) is 73.9 cm³/mol. The maximum atomic E-state index is 12.2. The van der Waals surface area contributed by atoms with Gasteiger partial charge in [-0.1, -0.05) is 6.07 Å². The maximum absolute atomic E-state index is 12.2. The summed E-state index contributed by atoms with van der Waals surface area (Å²) in [5.74, 6) is -1.05. The van der Waals surface area contributed by atoms with Gasteiger partial charge >= 0.3 is 5.97 Å². The number of hydrogen-bond acceptors (Lipinski definition) is 4. The molecule has 0 aliphatic carbocycles. The van der Waals surface area contributed by atoms with Crippen molar-refractivity contribution in [2.24, 2.45) is 0 Å². The van der Waals surface area contributed by atoms with E-state index in [9.17, 15) is 13.2 Å². The van der Waals surface area contributed by atoms with Gasteiger partial charge in [-0.15, -0.1) is 0 Å². The number of pyridine rings is 1. The summed E-state index contributed by atoms with van der Waals surface area (Å²) in [5.41, 5.74) is 1.50. The SMILES string of the molecule is Cc1ccc(S(=O)(=O)NCCC(=O)O)c2cccnc12. The van der Waals surface area contributed by atoms with Crippen LogP contribution in [0.15, 0.2) is 35.4 Å². The Bertz CT molecular complexity index is 756. The van der Waals surface area contributed by atoms with Crippen molar-refractivity contribution in [2.75, 3.05) is 6.54 Å². The van der Waals surface area contributed by atoms with Crippen LogP contribution in [-0.2, 0) is 14.8 Å². The van der Waals surface area contributed by atoms with Crippen molar-refractivity contribution in [3.63, 3.8) is 0 Å². The van der Waals surface area contributed by atoms with E-state index in [4.69, 9.17) is 5.11 Å². The number of carboxylic acid groups (broad SMARTS) is 1. The lowest BCUT2D eigenvalue weighted by Crippen LogP contribution is -2.26. The van der Waals surface area contributed by atoms with Gasteiger partial charge in [-0.2, -0.15) is 0 Å². The number of carboxylic acids is 1. The monoisotopic (exact) mass is 294 g/mol. The van der Waals surface area contributed by atoms with E-state index in [-0.39, 0.29) is 17.9 Å². The Balaban J connectivity index is 2.42. The van der Waals surface area contributed by atoms with E-state index in [2.05, 4.69) is 9.71 Å². The fourth-order valence-electron chi connectivity index (χ4n) is 1.89. The van der Waals surface area contributed by atoms with Crippen LogP contribution in [0.3, 0.4) is 0 Å². The standard InChI is InChI=1S/C13H14N2O4S/c1-9-4-5-11(10-3-2-7-14-13(9)10)20(18,19)15-8-6-12(16)17/h2-5,7,15H,6,8H2,1H3,(H,16,17). The van der Waals surface area contributed by atoms with Crippen LogP contribution in [0.5, 0.6) is 0 Å². The van der Waals surface area contributed by atoms with Crippen LogP contribution in [0.4, 0.5) is 0 Å². The highest BCUT2D eigenvalue weighted by Gasteiger charge is 2.18. The van der Waals surface area contributed by atoms with Gasteiger partial charge in [-0.05, 0) is 30.7 Å². The molecule has 0 saturated heterocycles. The molecule has 0 aliphatic heterocycles. The Labute approximate surface area is 116 Å². The van der Waals surface area contributed by atoms with Crippen LogP contribution in [0.25, 0.3) is 10.9 Å². The molecule has 0 radical (unpaired) electrons. The molecule has 1 aromatic carbocycles. The van der Waals surface area contributed by atoms with Gasteiger partial charge in [0.2, 0.25) is 10.0 Å². The quantitative estimate of drug-likeness (QED) is 0.866. The topological polar surface area (TPSA) is 96.4 Å². The number of aromatic nitrogens is 1. The molecular formula is C13H14N2O4S. The summed E-state index contributed by atoms with van der Waals surface area (Å²) >= 11 is 0. The zero-order chi connectivity index (χ0) is 14.8. The zero-order valence-corrected chi connectivity index (χ0v) is 11.6. The molecule has 106 valence electrons. The minimum absolute atomic E-state index is 0.108. The summed E-state index contributed by atoms with van der Waals surface area (Å²) < 4.78 is 26.7. The molecule has 1 heterocycles. The highest BCUT2D eigenvalue weighted by Crippen LogP contribution is 2.23. The lowest BCUT2D eigenvalue weighted by Gasteiger charge is -2.09. The van der Waals surface area contributed by atoms with Crippen molar-refractivity contribution >= 4 is 26.9 Å². The average Bonchev–Trinajstić information content (AvgIpc) is 2.38. The van der Waals surface area contributed by atoms with E-state index in [1.54, 1.807) is 24.4 Å². The van der Waals surface area contributed by atoms with Crippen LogP contribution < -0.4 is 4.72 Å². The maximum Gasteiger partial charge on any atom is 0.304 e. The molecule has 7 heteroatoms. The lowest BCUT2D eigenvalue weighted by atomic mass is 10.1. The number of carbonyl (C=O) groups is 1. The molecular weight excluding hydrogens is 280 g/mol. The fourth-order valence-corrected chi connectivity index (χ4v) is 3.12. The second-order valence-electron chi connectivity index (χ2n) is 4.32. The predicted octanol–water partition coefficient (Wildman–Crippen LogP) is 1.30. The number of aliphatic carboxylic acids is 1. The summed E-state index contributed by atoms with van der Waals surface area (Å²) in [6.45, 7) is 1.71. The van der Waals surface area contributed by atoms with Gasteiger partial charge in [0.15, 0.2) is 0 Å². The normalized spacial score (nSPS) is 11.7. The van der Waals surface area contributed by atoms with Gasteiger partial charge in [0.1, 0.15) is 0 Å². The first-order valence-electron chi connectivity index (χ1n) is 5.97. The number of aryl methyl sites for hydroxylation is 1. The molecule has 0 amide bonds. The molecule has 0 atom stereocenters. The second kappa shape index (κ2) is 5.56. The minimum atomic E-state index is -3.75. The smallest absolute Gasteiger partial charge is 0.304 e. The lowest BCUT2D eigenvalue weighted by molar-refractivity contribution is -0.136. The van der Waals surface area contributed by atoms with Crippen LogP contribution in [0, 0.1) is 6.92 Å². The first kappa shape index (κ1) is 14.4. The molecule has 6 nitrogen and oxygen atoms in total. The Morgan fingerprint density at radius 2 is 2.10 bits per heavy atom. The number of sulfonamides is 1. The molecule has 2 rings (SSSR count). The van der Waals surface area contributed by atoms with Gasteiger partial charge < -0.3 is 5.11 Å². The third-order valence-electron chi connectivity index (χ3n) is 2.85. The number of rotatable bonds is 5. The second-order valence-corrected chi connectivity index (χ2v) is 6.06. The van der Waals surface area contributed by atoms with Crippen LogP contribution >= 0.6 is 0 Å². The van der Waals surface area contributed by atoms with E-state index in [0.29, 0.717) is 10.9 Å². The van der Waals surface area contributed by atoms with Crippen molar-refractivity contribution < 1.29 is 18.3 Å². The third kappa shape index (κ3) is 2.94. The largest absolute Gasteiger partial charge is 0.481 e. The molecule has 2 aromatic rings. The van der Waals surface area contributed by atoms with Gasteiger partial charge in [0.05, 0.1) is 16.8 Å². The number of nitrogens with zero attached hydrogens (tertiary/aromatic N) is 1. The summed E-state index contributed by atoms with van der Waals surface area (Å²) in [6.07, 6.45) is 1.34. The van der Waals surface area contributed by atoms with Crippen LogP contribution in [0.1, 0.15) is 12.0 Å². The Kier molecular flexibility index (Phi) is 4.01. The number of hydrogen-bond donors (Lipinski definition) is 2. The molecule has 0 aliphatic rings. The number of fused-ring (bicyclic) bond motifs is 1. The van der Waals surface area contributed by atoms with Crippen molar-refractivity contribution in [3.05, 3.63) is 36.0 Å². The van der Waals surface area contributed by atoms with E-state index >= 15 is 0 Å². The first-order valence-corrected chi connectivity index (χ1v) is 7.46. The third-order valence-corrected chi connectivity index (χ3v) is 4.37. The van der Waals surface area contributed by atoms with Crippen molar-refractivity contribution in [2.45, 2.75) is 18.2 Å². The van der Waals surface area contributed by atoms with E-state index < -0.39 is 16.0 Å². The average molecular weight is 294 g/mol. The van der Waals surface area contributed by atoms with Gasteiger partial charge in [0.25, 0.3) is 0 Å². The summed E-state index contributed by atoms with van der Waals surface area (Å²) in [6, 6.07) is 6.53. The number of nitrogens with one attached hydrogen (secondary N) is 1. The number of benzene rings is 1.